The number of likely N-dealkylation sites (tertiary alicyclic amines) is 1. The molecule has 1 amide bonds. The number of ether oxygens (including phenoxy) is 1. The number of hydrogen-bond donors (Lipinski definition) is 0. The second-order valence-corrected chi connectivity index (χ2v) is 7.78. The van der Waals surface area contributed by atoms with Gasteiger partial charge in [0.05, 0.1) is 6.54 Å². The van der Waals surface area contributed by atoms with Gasteiger partial charge in [0.25, 0.3) is 5.92 Å². The third-order valence-electron chi connectivity index (χ3n) is 5.49. The third-order valence-corrected chi connectivity index (χ3v) is 5.49. The summed E-state index contributed by atoms with van der Waals surface area (Å²) in [5.74, 6) is -3.23. The smallest absolute Gasteiger partial charge is 0.410 e. The first-order chi connectivity index (χ1) is 14.4. The van der Waals surface area contributed by atoms with Gasteiger partial charge in [-0.05, 0) is 37.5 Å². The quantitative estimate of drug-likeness (QED) is 0.626. The van der Waals surface area contributed by atoms with Gasteiger partial charge in [0.15, 0.2) is 11.5 Å². The van der Waals surface area contributed by atoms with E-state index in [4.69, 9.17) is 4.74 Å². The number of piperidine rings is 1. The topological polar surface area (TPSA) is 59.7 Å². The Labute approximate surface area is 173 Å². The molecule has 0 unspecified atom stereocenters. The fraction of sp³-hybridized carbons (Fsp3) is 0.409. The van der Waals surface area contributed by atoms with Gasteiger partial charge in [-0.1, -0.05) is 35.9 Å². The Morgan fingerprint density at radius 2 is 2.03 bits per heavy atom. The van der Waals surface area contributed by atoms with E-state index >= 15 is 0 Å². The number of fused-ring (bicyclic) bond motifs is 1. The summed E-state index contributed by atoms with van der Waals surface area (Å²) in [6, 6.07) is 13.1. The zero-order valence-corrected chi connectivity index (χ0v) is 16.8. The highest BCUT2D eigenvalue weighted by Gasteiger charge is 2.45. The van der Waals surface area contributed by atoms with Crippen LogP contribution in [0.5, 0.6) is 0 Å². The summed E-state index contributed by atoms with van der Waals surface area (Å²) in [6.45, 7) is 1.67. The van der Waals surface area contributed by atoms with Crippen LogP contribution in [0.1, 0.15) is 29.8 Å². The van der Waals surface area contributed by atoms with Crippen LogP contribution in [0.15, 0.2) is 48.7 Å². The molecule has 8 heteroatoms. The molecule has 1 saturated heterocycles. The van der Waals surface area contributed by atoms with Crippen LogP contribution in [0.3, 0.4) is 0 Å². The molecular weight excluding hydrogens is 390 g/mol. The van der Waals surface area contributed by atoms with Crippen LogP contribution in [-0.4, -0.2) is 44.6 Å². The van der Waals surface area contributed by atoms with E-state index in [2.05, 4.69) is 10.1 Å². The number of nitrogens with zero attached hydrogens (tertiary/aromatic N) is 4. The van der Waals surface area contributed by atoms with Crippen LogP contribution in [0, 0.1) is 12.8 Å². The lowest BCUT2D eigenvalue weighted by Gasteiger charge is -2.37. The van der Waals surface area contributed by atoms with E-state index < -0.39 is 24.5 Å². The highest BCUT2D eigenvalue weighted by Crippen LogP contribution is 2.36. The molecule has 3 heterocycles. The summed E-state index contributed by atoms with van der Waals surface area (Å²) in [6.07, 6.45) is 1.95. The normalized spacial score (nSPS) is 18.5. The maximum Gasteiger partial charge on any atom is 0.410 e. The average Bonchev–Trinajstić information content (AvgIpc) is 3.14. The first-order valence-electron chi connectivity index (χ1n) is 10.1. The van der Waals surface area contributed by atoms with Crippen molar-refractivity contribution >= 4 is 11.7 Å². The molecule has 3 aromatic rings. The van der Waals surface area contributed by atoms with Gasteiger partial charge in [-0.3, -0.25) is 0 Å². The van der Waals surface area contributed by atoms with E-state index in [9.17, 15) is 13.6 Å². The first kappa shape index (κ1) is 20.3. The Morgan fingerprint density at radius 1 is 1.23 bits per heavy atom. The van der Waals surface area contributed by atoms with Crippen molar-refractivity contribution in [2.24, 2.45) is 5.92 Å². The van der Waals surface area contributed by atoms with Gasteiger partial charge in [-0.25, -0.2) is 23.1 Å². The fourth-order valence-corrected chi connectivity index (χ4v) is 3.70. The lowest BCUT2D eigenvalue weighted by Crippen LogP contribution is -2.50. The predicted octanol–water partition coefficient (Wildman–Crippen LogP) is 4.26. The SMILES string of the molecule is Cc1ccc(COC(=O)N2CC[C@H](CCc3nc4ccccn4n3)C(F)(F)C2)cc1. The molecule has 158 valence electrons. The molecule has 0 bridgehead atoms. The molecule has 4 rings (SSSR count). The monoisotopic (exact) mass is 414 g/mol. The fourth-order valence-electron chi connectivity index (χ4n) is 3.70. The van der Waals surface area contributed by atoms with Gasteiger partial charge < -0.3 is 9.64 Å². The van der Waals surface area contributed by atoms with Crippen molar-refractivity contribution in [3.63, 3.8) is 0 Å². The van der Waals surface area contributed by atoms with Crippen LogP contribution in [0.25, 0.3) is 5.65 Å². The van der Waals surface area contributed by atoms with Gasteiger partial charge in [-0.15, -0.1) is 0 Å². The van der Waals surface area contributed by atoms with Crippen molar-refractivity contribution in [3.05, 3.63) is 65.6 Å². The van der Waals surface area contributed by atoms with Crippen molar-refractivity contribution in [2.75, 3.05) is 13.1 Å². The molecule has 0 N–H and O–H groups in total. The van der Waals surface area contributed by atoms with E-state index in [1.165, 1.54) is 0 Å². The molecule has 0 aliphatic carbocycles. The number of amides is 1. The number of aryl methyl sites for hydroxylation is 2. The number of pyridine rings is 1. The highest BCUT2D eigenvalue weighted by molar-refractivity contribution is 5.67. The molecule has 1 aliphatic heterocycles. The standard InChI is InChI=1S/C22H24F2N4O2/c1-16-5-7-17(8-6-16)14-30-21(29)27-13-11-18(22(23,24)15-27)9-10-19-25-20-4-2-3-12-28(20)26-19/h2-8,12,18H,9-11,13-15H2,1H3/t18-/m0/s1. The number of hydrogen-bond acceptors (Lipinski definition) is 4. The number of rotatable bonds is 5. The van der Waals surface area contributed by atoms with Crippen LogP contribution < -0.4 is 0 Å². The number of aromatic nitrogens is 3. The zero-order valence-electron chi connectivity index (χ0n) is 16.8. The Balaban J connectivity index is 1.30. The average molecular weight is 414 g/mol. The van der Waals surface area contributed by atoms with Crippen LogP contribution in [0.4, 0.5) is 13.6 Å². The molecular formula is C22H24F2N4O2. The second kappa shape index (κ2) is 8.38. The summed E-state index contributed by atoms with van der Waals surface area (Å²) in [5, 5.41) is 4.32. The van der Waals surface area contributed by atoms with Gasteiger partial charge in [-0.2, -0.15) is 5.10 Å². The maximum atomic E-state index is 14.7. The van der Waals surface area contributed by atoms with Crippen molar-refractivity contribution in [3.8, 4) is 0 Å². The minimum atomic E-state index is -2.97. The number of benzene rings is 1. The van der Waals surface area contributed by atoms with Gasteiger partial charge >= 0.3 is 6.09 Å². The highest BCUT2D eigenvalue weighted by atomic mass is 19.3. The molecule has 0 radical (unpaired) electrons. The van der Waals surface area contributed by atoms with E-state index in [0.717, 1.165) is 16.0 Å². The maximum absolute atomic E-state index is 14.7. The summed E-state index contributed by atoms with van der Waals surface area (Å²) in [7, 11) is 0. The molecule has 0 spiro atoms. The van der Waals surface area contributed by atoms with Crippen LogP contribution in [0.2, 0.25) is 0 Å². The number of alkyl halides is 2. The molecule has 2 aromatic heterocycles. The summed E-state index contributed by atoms with van der Waals surface area (Å²) < 4.78 is 36.3. The predicted molar refractivity (Wildman–Crippen MR) is 107 cm³/mol. The van der Waals surface area contributed by atoms with Gasteiger partial charge in [0.2, 0.25) is 0 Å². The Hall–Kier alpha value is -3.03. The summed E-state index contributed by atoms with van der Waals surface area (Å²) >= 11 is 0. The molecule has 1 aromatic carbocycles. The molecule has 1 atom stereocenters. The molecule has 30 heavy (non-hydrogen) atoms. The van der Waals surface area contributed by atoms with Crippen molar-refractivity contribution in [2.45, 2.75) is 38.7 Å². The lowest BCUT2D eigenvalue weighted by molar-refractivity contribution is -0.108. The van der Waals surface area contributed by atoms with E-state index in [1.807, 2.05) is 49.4 Å². The molecule has 6 nitrogen and oxygen atoms in total. The number of carbonyl (C=O) groups excluding carboxylic acids is 1. The largest absolute Gasteiger partial charge is 0.445 e. The lowest BCUT2D eigenvalue weighted by atomic mass is 9.88. The van der Waals surface area contributed by atoms with Gasteiger partial charge in [0, 0.05) is 25.1 Å². The van der Waals surface area contributed by atoms with E-state index in [0.29, 0.717) is 17.9 Å². The summed E-state index contributed by atoms with van der Waals surface area (Å²) in [5.41, 5.74) is 2.63. The Kier molecular flexibility index (Phi) is 5.65. The third kappa shape index (κ3) is 4.58. The first-order valence-corrected chi connectivity index (χ1v) is 10.1. The molecule has 1 aliphatic rings. The molecule has 0 saturated carbocycles. The number of halogens is 2. The minimum absolute atomic E-state index is 0.0736. The zero-order chi connectivity index (χ0) is 21.1. The molecule has 1 fully saturated rings. The van der Waals surface area contributed by atoms with Gasteiger partial charge in [0.1, 0.15) is 6.61 Å². The van der Waals surface area contributed by atoms with Crippen LogP contribution in [-0.2, 0) is 17.8 Å². The number of carbonyl (C=O) groups is 1. The van der Waals surface area contributed by atoms with Crippen molar-refractivity contribution < 1.29 is 18.3 Å². The second-order valence-electron chi connectivity index (χ2n) is 7.78. The van der Waals surface area contributed by atoms with Crippen LogP contribution >= 0.6 is 0 Å². The van der Waals surface area contributed by atoms with E-state index in [1.54, 1.807) is 10.7 Å². The Morgan fingerprint density at radius 3 is 2.77 bits per heavy atom. The Bertz CT molecular complexity index is 986. The van der Waals surface area contributed by atoms with Crippen molar-refractivity contribution in [1.29, 1.82) is 0 Å². The minimum Gasteiger partial charge on any atom is -0.445 e. The van der Waals surface area contributed by atoms with E-state index in [-0.39, 0.29) is 26.0 Å². The summed E-state index contributed by atoms with van der Waals surface area (Å²) in [4.78, 5) is 17.7. The van der Waals surface area contributed by atoms with Crippen molar-refractivity contribution in [1.82, 2.24) is 19.5 Å².